The highest BCUT2D eigenvalue weighted by atomic mass is 32.2. The van der Waals surface area contributed by atoms with E-state index >= 15 is 0 Å². The van der Waals surface area contributed by atoms with Crippen LogP contribution in [0.4, 0.5) is 14.5 Å². The van der Waals surface area contributed by atoms with Gasteiger partial charge in [-0.3, -0.25) is 4.79 Å². The van der Waals surface area contributed by atoms with Gasteiger partial charge in [0.05, 0.1) is 11.9 Å². The lowest BCUT2D eigenvalue weighted by Crippen LogP contribution is -2.46. The molecule has 0 spiro atoms. The Labute approximate surface area is 129 Å². The second-order valence-electron chi connectivity index (χ2n) is 5.93. The zero-order valence-corrected chi connectivity index (χ0v) is 13.8. The fourth-order valence-corrected chi connectivity index (χ4v) is 3.42. The second-order valence-corrected chi connectivity index (χ2v) is 7.84. The maximum atomic E-state index is 13.4. The van der Waals surface area contributed by atoms with E-state index in [-0.39, 0.29) is 18.7 Å². The van der Waals surface area contributed by atoms with Crippen LogP contribution >= 0.6 is 0 Å². The summed E-state index contributed by atoms with van der Waals surface area (Å²) in [6.07, 6.45) is 0.928. The Morgan fingerprint density at radius 1 is 1.27 bits per heavy atom. The summed E-state index contributed by atoms with van der Waals surface area (Å²) in [6.45, 7) is 5.11. The molecular formula is C14H20F2N2O3S. The summed E-state index contributed by atoms with van der Waals surface area (Å²) >= 11 is 0. The van der Waals surface area contributed by atoms with Crippen LogP contribution in [0.25, 0.3) is 0 Å². The van der Waals surface area contributed by atoms with Crippen LogP contribution in [0.3, 0.4) is 0 Å². The molecule has 0 atom stereocenters. The summed E-state index contributed by atoms with van der Waals surface area (Å²) in [5.74, 6) is -2.18. The molecule has 1 aromatic rings. The molecule has 0 aliphatic carbocycles. The van der Waals surface area contributed by atoms with Crippen molar-refractivity contribution < 1.29 is 22.0 Å². The number of hydrogen-bond donors (Lipinski definition) is 1. The molecule has 0 radical (unpaired) electrons. The lowest BCUT2D eigenvalue weighted by atomic mass is 10.1. The van der Waals surface area contributed by atoms with Crippen molar-refractivity contribution in [1.29, 1.82) is 0 Å². The average Bonchev–Trinajstić information content (AvgIpc) is 2.29. The zero-order chi connectivity index (χ0) is 17.1. The molecule has 0 aliphatic heterocycles. The van der Waals surface area contributed by atoms with Crippen LogP contribution < -0.4 is 5.32 Å². The van der Waals surface area contributed by atoms with Gasteiger partial charge in [0.2, 0.25) is 15.9 Å². The Hall–Kier alpha value is -1.54. The van der Waals surface area contributed by atoms with Crippen LogP contribution in [0.2, 0.25) is 0 Å². The molecule has 8 heteroatoms. The third-order valence-corrected chi connectivity index (χ3v) is 4.43. The molecule has 5 nitrogen and oxygen atoms in total. The average molecular weight is 334 g/mol. The van der Waals surface area contributed by atoms with Crippen LogP contribution in [0.15, 0.2) is 18.2 Å². The first-order valence-electron chi connectivity index (χ1n) is 6.64. The van der Waals surface area contributed by atoms with Gasteiger partial charge in [-0.15, -0.1) is 0 Å². The molecule has 0 aromatic heterocycles. The lowest BCUT2D eigenvalue weighted by Gasteiger charge is -2.33. The number of benzene rings is 1. The van der Waals surface area contributed by atoms with E-state index in [1.807, 2.05) is 0 Å². The number of hydrogen-bond acceptors (Lipinski definition) is 3. The normalized spacial score (nSPS) is 12.5. The summed E-state index contributed by atoms with van der Waals surface area (Å²) in [5, 5.41) is 2.29. The van der Waals surface area contributed by atoms with Crippen LogP contribution in [0, 0.1) is 11.6 Å². The van der Waals surface area contributed by atoms with E-state index in [0.29, 0.717) is 6.07 Å². The lowest BCUT2D eigenvalue weighted by molar-refractivity contribution is -0.116. The molecule has 1 rings (SSSR count). The van der Waals surface area contributed by atoms with E-state index in [1.54, 1.807) is 20.8 Å². The van der Waals surface area contributed by atoms with E-state index in [1.165, 1.54) is 4.31 Å². The van der Waals surface area contributed by atoms with Gasteiger partial charge in [-0.2, -0.15) is 4.31 Å². The number of sulfonamides is 1. The SMILES string of the molecule is CC(C)(C)N(CCC(=O)Nc1ccc(F)cc1F)S(C)(=O)=O. The predicted molar refractivity (Wildman–Crippen MR) is 80.9 cm³/mol. The Kier molecular flexibility index (Phi) is 5.64. The highest BCUT2D eigenvalue weighted by Gasteiger charge is 2.29. The number of nitrogens with one attached hydrogen (secondary N) is 1. The van der Waals surface area contributed by atoms with Gasteiger partial charge in [0, 0.05) is 24.6 Å². The third kappa shape index (κ3) is 5.34. The number of amides is 1. The maximum absolute atomic E-state index is 13.4. The number of halogens is 2. The fraction of sp³-hybridized carbons (Fsp3) is 0.500. The number of rotatable bonds is 5. The van der Waals surface area contributed by atoms with Crippen LogP contribution in [0.1, 0.15) is 27.2 Å². The maximum Gasteiger partial charge on any atom is 0.225 e. The van der Waals surface area contributed by atoms with Crippen molar-refractivity contribution in [1.82, 2.24) is 4.31 Å². The molecular weight excluding hydrogens is 314 g/mol. The van der Waals surface area contributed by atoms with E-state index in [4.69, 9.17) is 0 Å². The molecule has 0 unspecified atom stereocenters. The first-order valence-corrected chi connectivity index (χ1v) is 8.49. The first kappa shape index (κ1) is 18.5. The van der Waals surface area contributed by atoms with Gasteiger partial charge in [-0.05, 0) is 32.9 Å². The topological polar surface area (TPSA) is 66.5 Å². The highest BCUT2D eigenvalue weighted by molar-refractivity contribution is 7.88. The van der Waals surface area contributed by atoms with Crippen LogP contribution in [0.5, 0.6) is 0 Å². The zero-order valence-electron chi connectivity index (χ0n) is 13.0. The van der Waals surface area contributed by atoms with Crippen molar-refractivity contribution >= 4 is 21.6 Å². The van der Waals surface area contributed by atoms with Crippen molar-refractivity contribution in [2.75, 3.05) is 18.1 Å². The predicted octanol–water partition coefficient (Wildman–Crippen LogP) is 2.35. The van der Waals surface area contributed by atoms with Gasteiger partial charge in [-0.1, -0.05) is 0 Å². The summed E-state index contributed by atoms with van der Waals surface area (Å²) < 4.78 is 50.9. The standard InChI is InChI=1S/C14H20F2N2O3S/c1-14(2,3)18(22(4,20)21)8-7-13(19)17-12-6-5-10(15)9-11(12)16/h5-6,9H,7-8H2,1-4H3,(H,17,19). The van der Waals surface area contributed by atoms with Gasteiger partial charge in [0.15, 0.2) is 0 Å². The van der Waals surface area contributed by atoms with Gasteiger partial charge < -0.3 is 5.32 Å². The Morgan fingerprint density at radius 2 is 1.86 bits per heavy atom. The Morgan fingerprint density at radius 3 is 2.32 bits per heavy atom. The van der Waals surface area contributed by atoms with Crippen LogP contribution in [-0.4, -0.2) is 37.0 Å². The molecule has 1 N–H and O–H groups in total. The van der Waals surface area contributed by atoms with Crippen molar-refractivity contribution in [3.63, 3.8) is 0 Å². The van der Waals surface area contributed by atoms with E-state index < -0.39 is 33.1 Å². The number of carbonyl (C=O) groups is 1. The van der Waals surface area contributed by atoms with E-state index in [9.17, 15) is 22.0 Å². The summed E-state index contributed by atoms with van der Waals surface area (Å²) in [6, 6.07) is 2.80. The fourth-order valence-electron chi connectivity index (χ4n) is 2.01. The molecule has 0 aliphatic rings. The molecule has 0 heterocycles. The van der Waals surface area contributed by atoms with Crippen LogP contribution in [-0.2, 0) is 14.8 Å². The number of anilines is 1. The molecule has 0 bridgehead atoms. The van der Waals surface area contributed by atoms with Gasteiger partial charge in [0.1, 0.15) is 11.6 Å². The Balaban J connectivity index is 2.73. The summed E-state index contributed by atoms with van der Waals surface area (Å²) in [5.41, 5.74) is -0.817. The van der Waals surface area contributed by atoms with Crippen molar-refractivity contribution in [2.45, 2.75) is 32.7 Å². The minimum Gasteiger partial charge on any atom is -0.324 e. The van der Waals surface area contributed by atoms with Gasteiger partial charge >= 0.3 is 0 Å². The molecule has 1 amide bonds. The molecule has 22 heavy (non-hydrogen) atoms. The largest absolute Gasteiger partial charge is 0.324 e. The van der Waals surface area contributed by atoms with Gasteiger partial charge in [-0.25, -0.2) is 17.2 Å². The van der Waals surface area contributed by atoms with Crippen molar-refractivity contribution in [2.24, 2.45) is 0 Å². The van der Waals surface area contributed by atoms with E-state index in [0.717, 1.165) is 18.4 Å². The molecule has 0 fully saturated rings. The molecule has 0 saturated heterocycles. The third-order valence-electron chi connectivity index (χ3n) is 2.90. The minimum atomic E-state index is -3.48. The molecule has 0 saturated carbocycles. The second kappa shape index (κ2) is 6.70. The highest BCUT2D eigenvalue weighted by Crippen LogP contribution is 2.19. The minimum absolute atomic E-state index is 0.0308. The Bertz CT molecular complexity index is 655. The quantitative estimate of drug-likeness (QED) is 0.899. The monoisotopic (exact) mass is 334 g/mol. The summed E-state index contributed by atoms with van der Waals surface area (Å²) in [7, 11) is -3.48. The number of carbonyl (C=O) groups excluding carboxylic acids is 1. The van der Waals surface area contributed by atoms with Crippen molar-refractivity contribution in [3.05, 3.63) is 29.8 Å². The van der Waals surface area contributed by atoms with Gasteiger partial charge in [0.25, 0.3) is 0 Å². The first-order chi connectivity index (χ1) is 9.91. The smallest absolute Gasteiger partial charge is 0.225 e. The van der Waals surface area contributed by atoms with E-state index in [2.05, 4.69) is 5.32 Å². The van der Waals surface area contributed by atoms with Crippen molar-refractivity contribution in [3.8, 4) is 0 Å². The molecule has 124 valence electrons. The molecule has 1 aromatic carbocycles. The summed E-state index contributed by atoms with van der Waals surface area (Å²) in [4.78, 5) is 11.8. The number of nitrogens with zero attached hydrogens (tertiary/aromatic N) is 1.